The van der Waals surface area contributed by atoms with Gasteiger partial charge in [-0.2, -0.15) is 0 Å². The zero-order chi connectivity index (χ0) is 18.8. The summed E-state index contributed by atoms with van der Waals surface area (Å²) in [4.78, 5) is 27.0. The molecule has 4 heteroatoms. The van der Waals surface area contributed by atoms with Gasteiger partial charge in [0.1, 0.15) is 5.75 Å². The number of anilines is 1. The molecule has 1 heterocycles. The predicted octanol–water partition coefficient (Wildman–Crippen LogP) is 4.07. The van der Waals surface area contributed by atoms with Gasteiger partial charge < -0.3 is 4.74 Å². The van der Waals surface area contributed by atoms with Crippen molar-refractivity contribution in [3.63, 3.8) is 0 Å². The topological polar surface area (TPSA) is 46.6 Å². The van der Waals surface area contributed by atoms with Gasteiger partial charge in [0, 0.05) is 5.92 Å². The summed E-state index contributed by atoms with van der Waals surface area (Å²) in [5.41, 5.74) is 4.06. The molecule has 0 radical (unpaired) electrons. The molecule has 1 aliphatic rings. The van der Waals surface area contributed by atoms with Crippen LogP contribution in [0.2, 0.25) is 0 Å². The van der Waals surface area contributed by atoms with Gasteiger partial charge in [-0.3, -0.25) is 14.5 Å². The van der Waals surface area contributed by atoms with Crippen LogP contribution in [0, 0.1) is 25.7 Å². The lowest BCUT2D eigenvalue weighted by Gasteiger charge is -2.16. The molecular weight excluding hydrogens is 326 g/mol. The van der Waals surface area contributed by atoms with Crippen molar-refractivity contribution in [2.24, 2.45) is 11.8 Å². The molecule has 136 valence electrons. The third kappa shape index (κ3) is 3.50. The molecule has 2 atom stereocenters. The van der Waals surface area contributed by atoms with E-state index in [9.17, 15) is 9.59 Å². The van der Waals surface area contributed by atoms with Crippen molar-refractivity contribution >= 4 is 17.5 Å². The minimum absolute atomic E-state index is 0.120. The molecule has 2 aromatic rings. The fraction of sp³-hybridized carbons (Fsp3) is 0.364. The summed E-state index contributed by atoms with van der Waals surface area (Å²) in [6, 6.07) is 13.4. The fourth-order valence-corrected chi connectivity index (χ4v) is 3.68. The Morgan fingerprint density at radius 1 is 0.962 bits per heavy atom. The number of rotatable bonds is 5. The van der Waals surface area contributed by atoms with E-state index in [1.807, 2.05) is 27.7 Å². The number of hydrogen-bond acceptors (Lipinski definition) is 3. The van der Waals surface area contributed by atoms with Crippen LogP contribution in [0.1, 0.15) is 30.5 Å². The normalized spacial score (nSPS) is 19.9. The molecule has 0 spiro atoms. The van der Waals surface area contributed by atoms with E-state index in [0.29, 0.717) is 18.7 Å². The molecule has 1 saturated heterocycles. The maximum atomic E-state index is 13.0. The predicted molar refractivity (Wildman–Crippen MR) is 102 cm³/mol. The number of ether oxygens (including phenoxy) is 1. The highest BCUT2D eigenvalue weighted by atomic mass is 16.5. The maximum absolute atomic E-state index is 13.0. The standard InChI is InChI=1S/C22H25NO3/c1-5-26-19-8-6-18(7-9-19)23-21(24)16(4)20(22(23)25)13-17-11-14(2)10-15(3)12-17/h6-12,16,20H,5,13H2,1-4H3/t16-,20+/m0/s1. The third-order valence-corrected chi connectivity index (χ3v) is 4.89. The van der Waals surface area contributed by atoms with Gasteiger partial charge in [-0.1, -0.05) is 36.2 Å². The number of imide groups is 1. The summed E-state index contributed by atoms with van der Waals surface area (Å²) >= 11 is 0. The molecule has 2 aromatic carbocycles. The highest BCUT2D eigenvalue weighted by Crippen LogP contribution is 2.34. The highest BCUT2D eigenvalue weighted by molar-refractivity contribution is 6.22. The Kier molecular flexibility index (Phi) is 5.12. The molecule has 0 aliphatic carbocycles. The molecule has 1 fully saturated rings. The van der Waals surface area contributed by atoms with Crippen LogP contribution in [0.15, 0.2) is 42.5 Å². The lowest BCUT2D eigenvalue weighted by Crippen LogP contribution is -2.31. The summed E-state index contributed by atoms with van der Waals surface area (Å²) in [7, 11) is 0. The Morgan fingerprint density at radius 2 is 1.58 bits per heavy atom. The third-order valence-electron chi connectivity index (χ3n) is 4.89. The molecule has 0 bridgehead atoms. The second kappa shape index (κ2) is 7.32. The smallest absolute Gasteiger partial charge is 0.238 e. The van der Waals surface area contributed by atoms with Gasteiger partial charge in [0.15, 0.2) is 0 Å². The SMILES string of the molecule is CCOc1ccc(N2C(=O)[C@@H](C)[C@@H](Cc3cc(C)cc(C)c3)C2=O)cc1. The number of carbonyl (C=O) groups is 2. The fourth-order valence-electron chi connectivity index (χ4n) is 3.68. The monoisotopic (exact) mass is 351 g/mol. The van der Waals surface area contributed by atoms with Crippen molar-refractivity contribution < 1.29 is 14.3 Å². The van der Waals surface area contributed by atoms with Gasteiger partial charge >= 0.3 is 0 Å². The van der Waals surface area contributed by atoms with E-state index in [0.717, 1.165) is 11.3 Å². The van der Waals surface area contributed by atoms with Crippen LogP contribution in [-0.4, -0.2) is 18.4 Å². The largest absolute Gasteiger partial charge is 0.494 e. The number of aryl methyl sites for hydroxylation is 2. The van der Waals surface area contributed by atoms with E-state index in [2.05, 4.69) is 18.2 Å². The molecule has 0 saturated carbocycles. The van der Waals surface area contributed by atoms with Gasteiger partial charge in [0.2, 0.25) is 11.8 Å². The summed E-state index contributed by atoms with van der Waals surface area (Å²) < 4.78 is 5.43. The van der Waals surface area contributed by atoms with E-state index in [1.54, 1.807) is 24.3 Å². The van der Waals surface area contributed by atoms with Crippen LogP contribution in [0.25, 0.3) is 0 Å². The lowest BCUT2D eigenvalue weighted by atomic mass is 9.89. The van der Waals surface area contributed by atoms with Crippen molar-refractivity contribution in [3.05, 3.63) is 59.2 Å². The van der Waals surface area contributed by atoms with Crippen molar-refractivity contribution in [2.75, 3.05) is 11.5 Å². The first kappa shape index (κ1) is 18.2. The lowest BCUT2D eigenvalue weighted by molar-refractivity contribution is -0.122. The summed E-state index contributed by atoms with van der Waals surface area (Å²) in [6.45, 7) is 8.44. The van der Waals surface area contributed by atoms with Gasteiger partial charge in [0.25, 0.3) is 0 Å². The number of nitrogens with zero attached hydrogens (tertiary/aromatic N) is 1. The molecule has 0 unspecified atom stereocenters. The Hall–Kier alpha value is -2.62. The van der Waals surface area contributed by atoms with Gasteiger partial charge in [-0.25, -0.2) is 0 Å². The molecule has 2 amide bonds. The molecule has 3 rings (SSSR count). The van der Waals surface area contributed by atoms with Gasteiger partial charge in [-0.15, -0.1) is 0 Å². The highest BCUT2D eigenvalue weighted by Gasteiger charge is 2.45. The summed E-state index contributed by atoms with van der Waals surface area (Å²) in [6.07, 6.45) is 0.585. The van der Waals surface area contributed by atoms with Crippen LogP contribution >= 0.6 is 0 Å². The Balaban J connectivity index is 1.84. The zero-order valence-corrected chi connectivity index (χ0v) is 15.8. The first-order chi connectivity index (χ1) is 12.4. The van der Waals surface area contributed by atoms with Crippen LogP contribution in [0.3, 0.4) is 0 Å². The Bertz CT molecular complexity index is 806. The zero-order valence-electron chi connectivity index (χ0n) is 15.8. The molecule has 1 aliphatic heterocycles. The van der Waals surface area contributed by atoms with Crippen LogP contribution in [0.5, 0.6) is 5.75 Å². The van der Waals surface area contributed by atoms with Crippen molar-refractivity contribution in [2.45, 2.75) is 34.1 Å². The average molecular weight is 351 g/mol. The molecule has 0 N–H and O–H groups in total. The molecule has 0 aromatic heterocycles. The number of benzene rings is 2. The van der Waals surface area contributed by atoms with Gasteiger partial charge in [0.05, 0.1) is 18.2 Å². The molecular formula is C22H25NO3. The van der Waals surface area contributed by atoms with E-state index < -0.39 is 0 Å². The summed E-state index contributed by atoms with van der Waals surface area (Å²) in [5, 5.41) is 0. The number of hydrogen-bond donors (Lipinski definition) is 0. The van der Waals surface area contributed by atoms with Crippen LogP contribution in [-0.2, 0) is 16.0 Å². The maximum Gasteiger partial charge on any atom is 0.238 e. The minimum atomic E-state index is -0.324. The van der Waals surface area contributed by atoms with E-state index >= 15 is 0 Å². The van der Waals surface area contributed by atoms with Crippen molar-refractivity contribution in [1.29, 1.82) is 0 Å². The number of amides is 2. The van der Waals surface area contributed by atoms with E-state index in [-0.39, 0.29) is 23.7 Å². The van der Waals surface area contributed by atoms with Gasteiger partial charge in [-0.05, 0) is 57.0 Å². The quantitative estimate of drug-likeness (QED) is 0.763. The average Bonchev–Trinajstić information content (AvgIpc) is 2.79. The van der Waals surface area contributed by atoms with Crippen LogP contribution in [0.4, 0.5) is 5.69 Å². The minimum Gasteiger partial charge on any atom is -0.494 e. The number of carbonyl (C=O) groups excluding carboxylic acids is 2. The van der Waals surface area contributed by atoms with E-state index in [1.165, 1.54) is 16.0 Å². The van der Waals surface area contributed by atoms with Crippen LogP contribution < -0.4 is 9.64 Å². The summed E-state index contributed by atoms with van der Waals surface area (Å²) in [5.74, 6) is -0.167. The van der Waals surface area contributed by atoms with Crippen molar-refractivity contribution in [3.8, 4) is 5.75 Å². The first-order valence-corrected chi connectivity index (χ1v) is 9.08. The Morgan fingerprint density at radius 3 is 2.15 bits per heavy atom. The second-order valence-electron chi connectivity index (χ2n) is 7.03. The molecule has 4 nitrogen and oxygen atoms in total. The molecule has 26 heavy (non-hydrogen) atoms. The second-order valence-corrected chi connectivity index (χ2v) is 7.03. The van der Waals surface area contributed by atoms with E-state index in [4.69, 9.17) is 4.74 Å². The van der Waals surface area contributed by atoms with Crippen molar-refractivity contribution in [1.82, 2.24) is 0 Å². The first-order valence-electron chi connectivity index (χ1n) is 9.08. The Labute approximate surface area is 154 Å².